The molecule has 60 valence electrons. The Bertz CT molecular complexity index is 106. The summed E-state index contributed by atoms with van der Waals surface area (Å²) < 4.78 is 9.88. The third-order valence-electron chi connectivity index (χ3n) is 1.68. The van der Waals surface area contributed by atoms with Crippen molar-refractivity contribution < 1.29 is 19.7 Å². The molecular formula is C6H12O4. The van der Waals surface area contributed by atoms with Crippen LogP contribution in [0.4, 0.5) is 0 Å². The molecule has 0 radical (unpaired) electrons. The molecule has 4 nitrogen and oxygen atoms in total. The summed E-state index contributed by atoms with van der Waals surface area (Å²) >= 11 is 0. The second-order valence-electron chi connectivity index (χ2n) is 2.32. The van der Waals surface area contributed by atoms with Crippen LogP contribution >= 0.6 is 0 Å². The van der Waals surface area contributed by atoms with E-state index in [0.29, 0.717) is 0 Å². The standard InChI is InChI=1S/C6H12O4/c1-9-6-4(8)3-10-5(6)2-7/h4-8H,2-3H2,1H3. The van der Waals surface area contributed by atoms with Gasteiger partial charge >= 0.3 is 0 Å². The van der Waals surface area contributed by atoms with Crippen LogP contribution in [0.15, 0.2) is 0 Å². The fourth-order valence-electron chi connectivity index (χ4n) is 1.13. The molecule has 10 heavy (non-hydrogen) atoms. The Morgan fingerprint density at radius 2 is 2.40 bits per heavy atom. The first-order valence-corrected chi connectivity index (χ1v) is 3.23. The molecule has 0 amide bonds. The van der Waals surface area contributed by atoms with Crippen molar-refractivity contribution >= 4 is 0 Å². The van der Waals surface area contributed by atoms with Crippen LogP contribution in [-0.2, 0) is 9.47 Å². The molecule has 4 heteroatoms. The number of hydrogen-bond acceptors (Lipinski definition) is 4. The summed E-state index contributed by atoms with van der Waals surface area (Å²) in [5, 5.41) is 17.8. The van der Waals surface area contributed by atoms with E-state index in [1.807, 2.05) is 0 Å². The molecule has 0 aromatic heterocycles. The Morgan fingerprint density at radius 3 is 2.80 bits per heavy atom. The molecule has 2 N–H and O–H groups in total. The minimum atomic E-state index is -0.595. The molecule has 0 bridgehead atoms. The molecule has 0 aromatic rings. The predicted octanol–water partition coefficient (Wildman–Crippen LogP) is -1.25. The Kier molecular flexibility index (Phi) is 2.62. The maximum absolute atomic E-state index is 9.13. The van der Waals surface area contributed by atoms with Crippen LogP contribution < -0.4 is 0 Å². The zero-order chi connectivity index (χ0) is 7.56. The van der Waals surface area contributed by atoms with Gasteiger partial charge < -0.3 is 19.7 Å². The minimum Gasteiger partial charge on any atom is -0.394 e. The Morgan fingerprint density at radius 1 is 1.70 bits per heavy atom. The SMILES string of the molecule is COC1C(O)COC1CO. The van der Waals surface area contributed by atoms with Gasteiger partial charge in [0, 0.05) is 7.11 Å². The lowest BCUT2D eigenvalue weighted by Crippen LogP contribution is -2.34. The molecule has 1 heterocycles. The number of aliphatic hydroxyl groups is 2. The molecule has 1 aliphatic heterocycles. The summed E-state index contributed by atoms with van der Waals surface area (Å²) in [6, 6.07) is 0. The third kappa shape index (κ3) is 1.29. The lowest BCUT2D eigenvalue weighted by molar-refractivity contribution is -0.0307. The molecule has 1 saturated heterocycles. The highest BCUT2D eigenvalue weighted by Crippen LogP contribution is 2.16. The van der Waals surface area contributed by atoms with Crippen LogP contribution in [0, 0.1) is 0 Å². The Hall–Kier alpha value is -0.160. The van der Waals surface area contributed by atoms with Gasteiger partial charge in [0.2, 0.25) is 0 Å². The summed E-state index contributed by atoms with van der Waals surface area (Å²) in [7, 11) is 1.49. The van der Waals surface area contributed by atoms with Crippen molar-refractivity contribution in [1.29, 1.82) is 0 Å². The average molecular weight is 148 g/mol. The normalized spacial score (nSPS) is 40.5. The molecular weight excluding hydrogens is 136 g/mol. The highest BCUT2D eigenvalue weighted by atomic mass is 16.6. The van der Waals surface area contributed by atoms with Crippen LogP contribution in [0.3, 0.4) is 0 Å². The maximum atomic E-state index is 9.13. The monoisotopic (exact) mass is 148 g/mol. The molecule has 0 saturated carbocycles. The predicted molar refractivity (Wildman–Crippen MR) is 33.6 cm³/mol. The molecule has 1 aliphatic rings. The first-order valence-electron chi connectivity index (χ1n) is 3.23. The van der Waals surface area contributed by atoms with Gasteiger partial charge in [0.1, 0.15) is 18.3 Å². The zero-order valence-corrected chi connectivity index (χ0v) is 5.86. The van der Waals surface area contributed by atoms with Gasteiger partial charge in [-0.2, -0.15) is 0 Å². The molecule has 3 atom stereocenters. The van der Waals surface area contributed by atoms with Crippen molar-refractivity contribution in [3.8, 4) is 0 Å². The smallest absolute Gasteiger partial charge is 0.114 e. The van der Waals surface area contributed by atoms with E-state index in [1.165, 1.54) is 7.11 Å². The van der Waals surface area contributed by atoms with E-state index in [0.717, 1.165) is 0 Å². The molecule has 1 rings (SSSR count). The number of aliphatic hydroxyl groups excluding tert-OH is 2. The zero-order valence-electron chi connectivity index (χ0n) is 5.86. The quantitative estimate of drug-likeness (QED) is 0.514. The van der Waals surface area contributed by atoms with Gasteiger partial charge in [0.25, 0.3) is 0 Å². The van der Waals surface area contributed by atoms with E-state index in [1.54, 1.807) is 0 Å². The summed E-state index contributed by atoms with van der Waals surface area (Å²) in [5.41, 5.74) is 0. The van der Waals surface area contributed by atoms with Crippen molar-refractivity contribution in [3.05, 3.63) is 0 Å². The van der Waals surface area contributed by atoms with Gasteiger partial charge in [-0.25, -0.2) is 0 Å². The van der Waals surface area contributed by atoms with Crippen molar-refractivity contribution in [2.24, 2.45) is 0 Å². The van der Waals surface area contributed by atoms with Crippen molar-refractivity contribution in [3.63, 3.8) is 0 Å². The van der Waals surface area contributed by atoms with Crippen LogP contribution in [-0.4, -0.2) is 48.8 Å². The number of hydrogen-bond donors (Lipinski definition) is 2. The highest BCUT2D eigenvalue weighted by molar-refractivity contribution is 4.83. The summed E-state index contributed by atoms with van der Waals surface area (Å²) in [6.45, 7) is 0.152. The second kappa shape index (κ2) is 3.30. The Balaban J connectivity index is 2.45. The van der Waals surface area contributed by atoms with Gasteiger partial charge in [-0.15, -0.1) is 0 Å². The average Bonchev–Trinajstić information content (AvgIpc) is 2.30. The van der Waals surface area contributed by atoms with Crippen molar-refractivity contribution in [1.82, 2.24) is 0 Å². The summed E-state index contributed by atoms with van der Waals surface area (Å²) in [4.78, 5) is 0. The van der Waals surface area contributed by atoms with E-state index >= 15 is 0 Å². The second-order valence-corrected chi connectivity index (χ2v) is 2.32. The topological polar surface area (TPSA) is 58.9 Å². The first-order chi connectivity index (χ1) is 4.79. The molecule has 3 unspecified atom stereocenters. The van der Waals surface area contributed by atoms with Crippen molar-refractivity contribution in [2.45, 2.75) is 18.3 Å². The molecule has 1 fully saturated rings. The van der Waals surface area contributed by atoms with E-state index in [4.69, 9.17) is 19.7 Å². The van der Waals surface area contributed by atoms with E-state index in [2.05, 4.69) is 0 Å². The minimum absolute atomic E-state index is 0.102. The van der Waals surface area contributed by atoms with E-state index < -0.39 is 6.10 Å². The lowest BCUT2D eigenvalue weighted by atomic mass is 10.1. The fourth-order valence-corrected chi connectivity index (χ4v) is 1.13. The lowest BCUT2D eigenvalue weighted by Gasteiger charge is -2.15. The van der Waals surface area contributed by atoms with Gasteiger partial charge in [-0.05, 0) is 0 Å². The van der Waals surface area contributed by atoms with E-state index in [9.17, 15) is 0 Å². The Labute approximate surface area is 59.4 Å². The number of rotatable bonds is 2. The van der Waals surface area contributed by atoms with Crippen LogP contribution in [0.5, 0.6) is 0 Å². The number of ether oxygens (including phenoxy) is 2. The highest BCUT2D eigenvalue weighted by Gasteiger charge is 2.35. The molecule has 0 aromatic carbocycles. The third-order valence-corrected chi connectivity index (χ3v) is 1.68. The molecule has 0 spiro atoms. The fraction of sp³-hybridized carbons (Fsp3) is 1.00. The first kappa shape index (κ1) is 7.94. The van der Waals surface area contributed by atoms with Gasteiger partial charge in [-0.3, -0.25) is 0 Å². The largest absolute Gasteiger partial charge is 0.394 e. The van der Waals surface area contributed by atoms with Crippen LogP contribution in [0.2, 0.25) is 0 Å². The van der Waals surface area contributed by atoms with Gasteiger partial charge in [0.05, 0.1) is 13.2 Å². The number of methoxy groups -OCH3 is 1. The van der Waals surface area contributed by atoms with Crippen LogP contribution in [0.1, 0.15) is 0 Å². The van der Waals surface area contributed by atoms with E-state index in [-0.39, 0.29) is 25.4 Å². The summed E-state index contributed by atoms with van der Waals surface area (Å²) in [6.07, 6.45) is -1.33. The van der Waals surface area contributed by atoms with Gasteiger partial charge in [0.15, 0.2) is 0 Å². The maximum Gasteiger partial charge on any atom is 0.114 e. The summed E-state index contributed by atoms with van der Waals surface area (Å²) in [5.74, 6) is 0. The van der Waals surface area contributed by atoms with Crippen molar-refractivity contribution in [2.75, 3.05) is 20.3 Å². The van der Waals surface area contributed by atoms with Gasteiger partial charge in [-0.1, -0.05) is 0 Å². The molecule has 0 aliphatic carbocycles. The van der Waals surface area contributed by atoms with Crippen LogP contribution in [0.25, 0.3) is 0 Å².